The predicted octanol–water partition coefficient (Wildman–Crippen LogP) is 4.59. The van der Waals surface area contributed by atoms with E-state index in [-0.39, 0.29) is 11.8 Å². The standard InChI is InChI=1S/C23H22ClN3O3S/c24-19-4-1-2-5-20(19)30-18-9-7-17(8-10-18)25-22(28)16-26-11-13-27(14-12-26)23(29)21-6-3-15-31-21/h1-10,15H,11-14,16H2,(H,25,28). The highest BCUT2D eigenvalue weighted by atomic mass is 35.5. The van der Waals surface area contributed by atoms with E-state index < -0.39 is 0 Å². The molecular formula is C23H22ClN3O3S. The molecule has 2 amide bonds. The summed E-state index contributed by atoms with van der Waals surface area (Å²) in [4.78, 5) is 29.5. The molecule has 1 saturated heterocycles. The molecule has 160 valence electrons. The third kappa shape index (κ3) is 5.64. The van der Waals surface area contributed by atoms with Crippen LogP contribution < -0.4 is 10.1 Å². The molecule has 0 radical (unpaired) electrons. The van der Waals surface area contributed by atoms with Crippen LogP contribution in [0.15, 0.2) is 66.0 Å². The maximum absolute atomic E-state index is 12.4. The van der Waals surface area contributed by atoms with Crippen molar-refractivity contribution in [2.45, 2.75) is 0 Å². The molecule has 0 atom stereocenters. The van der Waals surface area contributed by atoms with Gasteiger partial charge in [-0.15, -0.1) is 11.3 Å². The van der Waals surface area contributed by atoms with Crippen molar-refractivity contribution in [3.63, 3.8) is 0 Å². The Kier molecular flexibility index (Phi) is 6.86. The molecule has 8 heteroatoms. The molecule has 0 spiro atoms. The Morgan fingerprint density at radius 2 is 1.71 bits per heavy atom. The molecule has 0 saturated carbocycles. The summed E-state index contributed by atoms with van der Waals surface area (Å²) in [5, 5.41) is 5.35. The number of carbonyl (C=O) groups is 2. The van der Waals surface area contributed by atoms with Crippen LogP contribution in [0.4, 0.5) is 5.69 Å². The van der Waals surface area contributed by atoms with Crippen molar-refractivity contribution in [1.82, 2.24) is 9.80 Å². The first kappa shape index (κ1) is 21.4. The Bertz CT molecular complexity index is 1030. The SMILES string of the molecule is O=C(CN1CCN(C(=O)c2cccs2)CC1)Nc1ccc(Oc2ccccc2Cl)cc1. The van der Waals surface area contributed by atoms with E-state index in [4.69, 9.17) is 16.3 Å². The van der Waals surface area contributed by atoms with Gasteiger partial charge in [0.1, 0.15) is 11.5 Å². The van der Waals surface area contributed by atoms with E-state index in [1.807, 2.05) is 34.5 Å². The van der Waals surface area contributed by atoms with Gasteiger partial charge in [0.2, 0.25) is 5.91 Å². The normalized spacial score (nSPS) is 14.3. The lowest BCUT2D eigenvalue weighted by Gasteiger charge is -2.34. The lowest BCUT2D eigenvalue weighted by Crippen LogP contribution is -2.50. The van der Waals surface area contributed by atoms with E-state index in [0.29, 0.717) is 54.9 Å². The molecule has 6 nitrogen and oxygen atoms in total. The number of halogens is 1. The molecule has 0 unspecified atom stereocenters. The van der Waals surface area contributed by atoms with Gasteiger partial charge in [-0.05, 0) is 47.8 Å². The maximum atomic E-state index is 12.4. The molecular weight excluding hydrogens is 434 g/mol. The number of hydrogen-bond donors (Lipinski definition) is 1. The second-order valence-electron chi connectivity index (χ2n) is 7.15. The van der Waals surface area contributed by atoms with E-state index in [1.165, 1.54) is 11.3 Å². The monoisotopic (exact) mass is 455 g/mol. The Morgan fingerprint density at radius 1 is 0.968 bits per heavy atom. The Labute approximate surface area is 190 Å². The summed E-state index contributed by atoms with van der Waals surface area (Å²) in [5.74, 6) is 1.20. The molecule has 1 fully saturated rings. The van der Waals surface area contributed by atoms with Crippen molar-refractivity contribution in [3.8, 4) is 11.5 Å². The van der Waals surface area contributed by atoms with Crippen molar-refractivity contribution in [3.05, 3.63) is 75.9 Å². The van der Waals surface area contributed by atoms with Gasteiger partial charge in [-0.3, -0.25) is 14.5 Å². The molecule has 3 aromatic rings. The average Bonchev–Trinajstić information content (AvgIpc) is 3.32. The fourth-order valence-electron chi connectivity index (χ4n) is 3.33. The molecule has 2 heterocycles. The van der Waals surface area contributed by atoms with Gasteiger partial charge in [-0.25, -0.2) is 0 Å². The van der Waals surface area contributed by atoms with Crippen molar-refractivity contribution in [2.75, 3.05) is 38.0 Å². The summed E-state index contributed by atoms with van der Waals surface area (Å²) in [7, 11) is 0. The van der Waals surface area contributed by atoms with Gasteiger partial charge in [0.15, 0.2) is 0 Å². The van der Waals surface area contributed by atoms with Crippen molar-refractivity contribution >= 4 is 40.4 Å². The van der Waals surface area contributed by atoms with Crippen LogP contribution in [0.25, 0.3) is 0 Å². The first-order valence-electron chi connectivity index (χ1n) is 9.96. The summed E-state index contributed by atoms with van der Waals surface area (Å²) in [5.41, 5.74) is 0.697. The highest BCUT2D eigenvalue weighted by Gasteiger charge is 2.23. The van der Waals surface area contributed by atoms with Crippen LogP contribution in [0.1, 0.15) is 9.67 Å². The van der Waals surface area contributed by atoms with Crippen LogP contribution in [0.3, 0.4) is 0 Å². The topological polar surface area (TPSA) is 61.9 Å². The number of ether oxygens (including phenoxy) is 1. The van der Waals surface area contributed by atoms with Gasteiger partial charge < -0.3 is 15.0 Å². The van der Waals surface area contributed by atoms with Gasteiger partial charge >= 0.3 is 0 Å². The third-order valence-corrected chi connectivity index (χ3v) is 6.13. The number of nitrogens with zero attached hydrogens (tertiary/aromatic N) is 2. The smallest absolute Gasteiger partial charge is 0.264 e. The van der Waals surface area contributed by atoms with Gasteiger partial charge in [-0.1, -0.05) is 29.8 Å². The van der Waals surface area contributed by atoms with Gasteiger partial charge in [0, 0.05) is 31.9 Å². The molecule has 1 aromatic heterocycles. The number of benzene rings is 2. The number of amides is 2. The molecule has 0 bridgehead atoms. The van der Waals surface area contributed by atoms with Crippen LogP contribution in [-0.2, 0) is 4.79 Å². The molecule has 0 aliphatic carbocycles. The van der Waals surface area contributed by atoms with Gasteiger partial charge in [-0.2, -0.15) is 0 Å². The van der Waals surface area contributed by atoms with E-state index in [1.54, 1.807) is 36.4 Å². The summed E-state index contributed by atoms with van der Waals surface area (Å²) in [6, 6.07) is 18.1. The highest BCUT2D eigenvalue weighted by Crippen LogP contribution is 2.29. The number of para-hydroxylation sites is 1. The van der Waals surface area contributed by atoms with Crippen LogP contribution in [0, 0.1) is 0 Å². The zero-order chi connectivity index (χ0) is 21.6. The molecule has 1 N–H and O–H groups in total. The second-order valence-corrected chi connectivity index (χ2v) is 8.51. The third-order valence-electron chi connectivity index (χ3n) is 4.96. The largest absolute Gasteiger partial charge is 0.456 e. The van der Waals surface area contributed by atoms with Crippen LogP contribution in [-0.4, -0.2) is 54.3 Å². The van der Waals surface area contributed by atoms with Crippen molar-refractivity contribution < 1.29 is 14.3 Å². The van der Waals surface area contributed by atoms with Gasteiger partial charge in [0.25, 0.3) is 5.91 Å². The van der Waals surface area contributed by atoms with Crippen LogP contribution in [0.5, 0.6) is 11.5 Å². The summed E-state index contributed by atoms with van der Waals surface area (Å²) in [6.07, 6.45) is 0. The Hall–Kier alpha value is -2.87. The predicted molar refractivity (Wildman–Crippen MR) is 123 cm³/mol. The lowest BCUT2D eigenvalue weighted by molar-refractivity contribution is -0.117. The quantitative estimate of drug-likeness (QED) is 0.590. The number of rotatable bonds is 6. The summed E-state index contributed by atoms with van der Waals surface area (Å²) >= 11 is 7.57. The van der Waals surface area contributed by atoms with Gasteiger partial charge in [0.05, 0.1) is 16.4 Å². The number of piperazine rings is 1. The minimum atomic E-state index is -0.0854. The number of thiophene rings is 1. The van der Waals surface area contributed by atoms with Crippen molar-refractivity contribution in [1.29, 1.82) is 0 Å². The molecule has 2 aromatic carbocycles. The van der Waals surface area contributed by atoms with E-state index >= 15 is 0 Å². The number of hydrogen-bond acceptors (Lipinski definition) is 5. The van der Waals surface area contributed by atoms with E-state index in [0.717, 1.165) is 4.88 Å². The fourth-order valence-corrected chi connectivity index (χ4v) is 4.19. The summed E-state index contributed by atoms with van der Waals surface area (Å²) in [6.45, 7) is 2.89. The first-order valence-corrected chi connectivity index (χ1v) is 11.2. The fraction of sp³-hybridized carbons (Fsp3) is 0.217. The first-order chi connectivity index (χ1) is 15.1. The number of nitrogens with one attached hydrogen (secondary N) is 1. The lowest BCUT2D eigenvalue weighted by atomic mass is 10.2. The molecule has 1 aliphatic heterocycles. The zero-order valence-corrected chi connectivity index (χ0v) is 18.4. The number of carbonyl (C=O) groups excluding carboxylic acids is 2. The average molecular weight is 456 g/mol. The van der Waals surface area contributed by atoms with Crippen LogP contribution >= 0.6 is 22.9 Å². The summed E-state index contributed by atoms with van der Waals surface area (Å²) < 4.78 is 5.76. The molecule has 31 heavy (non-hydrogen) atoms. The Morgan fingerprint density at radius 3 is 2.39 bits per heavy atom. The second kappa shape index (κ2) is 9.96. The minimum absolute atomic E-state index is 0.0678. The highest BCUT2D eigenvalue weighted by molar-refractivity contribution is 7.12. The van der Waals surface area contributed by atoms with E-state index in [2.05, 4.69) is 10.2 Å². The minimum Gasteiger partial charge on any atom is -0.456 e. The zero-order valence-electron chi connectivity index (χ0n) is 16.8. The number of anilines is 1. The van der Waals surface area contributed by atoms with Crippen molar-refractivity contribution in [2.24, 2.45) is 0 Å². The van der Waals surface area contributed by atoms with Crippen LogP contribution in [0.2, 0.25) is 5.02 Å². The molecule has 1 aliphatic rings. The maximum Gasteiger partial charge on any atom is 0.264 e. The Balaban J connectivity index is 1.24. The molecule has 4 rings (SSSR count). The van der Waals surface area contributed by atoms with E-state index in [9.17, 15) is 9.59 Å².